The topological polar surface area (TPSA) is 179 Å². The summed E-state index contributed by atoms with van der Waals surface area (Å²) in [7, 11) is -4.74. The standard InChI is InChI=1S/C24H31N6O8P/c1-2-3-4-8-11-25-24(31)29-20-17-21(27-13-26-20)30(14-28-17)22-19-18(16(36-22)12-35-39(32,33)34)37-23(38-19)15-9-6-5-7-10-15/h5-7,9-10,13-14,16,18-19,22-23H,2-4,8,11-12H2,1H3,(H2,32,33,34)(H2,25,26,27,29,31)/t16-,18-,19-,22-,23?/m1/s1. The van der Waals surface area contributed by atoms with E-state index in [1.807, 2.05) is 30.3 Å². The van der Waals surface area contributed by atoms with Gasteiger partial charge in [0.1, 0.15) is 24.6 Å². The van der Waals surface area contributed by atoms with Crippen LogP contribution in [0.4, 0.5) is 10.6 Å². The molecule has 0 radical (unpaired) electrons. The van der Waals surface area contributed by atoms with Crippen LogP contribution in [0.3, 0.4) is 0 Å². The summed E-state index contributed by atoms with van der Waals surface area (Å²) in [6.45, 7) is 2.26. The molecule has 4 N–H and O–H groups in total. The Morgan fingerprint density at radius 2 is 1.87 bits per heavy atom. The van der Waals surface area contributed by atoms with Gasteiger partial charge in [-0.3, -0.25) is 14.4 Å². The first-order valence-electron chi connectivity index (χ1n) is 12.8. The number of carbonyl (C=O) groups is 1. The molecular weight excluding hydrogens is 531 g/mol. The maximum absolute atomic E-state index is 12.4. The van der Waals surface area contributed by atoms with Crippen LogP contribution in [0.15, 0.2) is 43.0 Å². The van der Waals surface area contributed by atoms with Crippen LogP contribution in [0.2, 0.25) is 0 Å². The lowest BCUT2D eigenvalue weighted by atomic mass is 10.1. The number of urea groups is 1. The predicted octanol–water partition coefficient (Wildman–Crippen LogP) is 3.02. The Balaban J connectivity index is 1.35. The number of rotatable bonds is 11. The first kappa shape index (κ1) is 27.6. The minimum absolute atomic E-state index is 0.228. The SMILES string of the molecule is CCCCCCNC(=O)Nc1ncnc2c1ncn2[C@@H]1O[C@H](COP(=O)(O)O)[C@H]2OC(c3ccccc3)O[C@H]21. The van der Waals surface area contributed by atoms with E-state index in [-0.39, 0.29) is 5.82 Å². The summed E-state index contributed by atoms with van der Waals surface area (Å²) in [6, 6.07) is 8.90. The van der Waals surface area contributed by atoms with E-state index in [1.165, 1.54) is 12.7 Å². The maximum atomic E-state index is 12.4. The van der Waals surface area contributed by atoms with E-state index in [9.17, 15) is 19.1 Å². The Morgan fingerprint density at radius 3 is 2.64 bits per heavy atom. The number of nitrogens with one attached hydrogen (secondary N) is 2. The Kier molecular flexibility index (Phi) is 8.52. The van der Waals surface area contributed by atoms with E-state index in [1.54, 1.807) is 4.57 Å². The minimum Gasteiger partial charge on any atom is -0.347 e. The van der Waals surface area contributed by atoms with E-state index in [0.29, 0.717) is 17.7 Å². The van der Waals surface area contributed by atoms with Crippen molar-refractivity contribution in [2.24, 2.45) is 0 Å². The normalized spacial score (nSPS) is 24.6. The van der Waals surface area contributed by atoms with Crippen LogP contribution in [0, 0.1) is 0 Å². The number of carbonyl (C=O) groups excluding carboxylic acids is 1. The van der Waals surface area contributed by atoms with Gasteiger partial charge >= 0.3 is 13.9 Å². The van der Waals surface area contributed by atoms with Gasteiger partial charge in [0.15, 0.2) is 29.5 Å². The monoisotopic (exact) mass is 562 g/mol. The highest BCUT2D eigenvalue weighted by atomic mass is 31.2. The van der Waals surface area contributed by atoms with Gasteiger partial charge in [0.05, 0.1) is 12.9 Å². The van der Waals surface area contributed by atoms with Crippen molar-refractivity contribution >= 4 is 30.8 Å². The lowest BCUT2D eigenvalue weighted by Gasteiger charge is -2.21. The highest BCUT2D eigenvalue weighted by molar-refractivity contribution is 7.46. The number of amides is 2. The van der Waals surface area contributed by atoms with E-state index in [0.717, 1.165) is 31.2 Å². The molecule has 4 heterocycles. The smallest absolute Gasteiger partial charge is 0.347 e. The first-order chi connectivity index (χ1) is 18.8. The molecule has 210 valence electrons. The molecule has 14 nitrogen and oxygen atoms in total. The Bertz CT molecular complexity index is 1320. The van der Waals surface area contributed by atoms with Gasteiger partial charge in [0.25, 0.3) is 0 Å². The van der Waals surface area contributed by atoms with Crippen LogP contribution in [-0.2, 0) is 23.3 Å². The van der Waals surface area contributed by atoms with E-state index in [4.69, 9.17) is 18.7 Å². The van der Waals surface area contributed by atoms with Crippen molar-refractivity contribution < 1.29 is 37.9 Å². The molecular formula is C24H31N6O8P. The lowest BCUT2D eigenvalue weighted by Crippen LogP contribution is -2.31. The van der Waals surface area contributed by atoms with Gasteiger partial charge in [0.2, 0.25) is 0 Å². The molecule has 2 aromatic heterocycles. The molecule has 39 heavy (non-hydrogen) atoms. The fourth-order valence-electron chi connectivity index (χ4n) is 4.67. The fourth-order valence-corrected chi connectivity index (χ4v) is 5.01. The van der Waals surface area contributed by atoms with Crippen LogP contribution in [0.1, 0.15) is 50.7 Å². The van der Waals surface area contributed by atoms with E-state index < -0.39 is 51.3 Å². The molecule has 2 saturated heterocycles. The zero-order valence-electron chi connectivity index (χ0n) is 21.3. The molecule has 15 heteroatoms. The van der Waals surface area contributed by atoms with Crippen LogP contribution in [-0.4, -0.2) is 66.8 Å². The Labute approximate surface area is 224 Å². The van der Waals surface area contributed by atoms with E-state index in [2.05, 4.69) is 32.5 Å². The third-order valence-electron chi connectivity index (χ3n) is 6.51. The lowest BCUT2D eigenvalue weighted by molar-refractivity contribution is -0.152. The van der Waals surface area contributed by atoms with Crippen LogP contribution in [0.5, 0.6) is 0 Å². The zero-order chi connectivity index (χ0) is 27.4. The van der Waals surface area contributed by atoms with Gasteiger partial charge < -0.3 is 29.3 Å². The van der Waals surface area contributed by atoms with Crippen molar-refractivity contribution in [3.8, 4) is 0 Å². The molecule has 0 bridgehead atoms. The van der Waals surface area contributed by atoms with Crippen molar-refractivity contribution in [2.45, 2.75) is 63.4 Å². The quantitative estimate of drug-likeness (QED) is 0.199. The van der Waals surface area contributed by atoms with Crippen molar-refractivity contribution in [2.75, 3.05) is 18.5 Å². The second-order valence-corrected chi connectivity index (χ2v) is 10.5. The summed E-state index contributed by atoms with van der Waals surface area (Å²) in [5, 5.41) is 5.54. The first-order valence-corrected chi connectivity index (χ1v) is 14.3. The molecule has 1 unspecified atom stereocenters. The number of anilines is 1. The number of ether oxygens (including phenoxy) is 3. The third-order valence-corrected chi connectivity index (χ3v) is 6.99. The fraction of sp³-hybridized carbons (Fsp3) is 0.500. The second-order valence-electron chi connectivity index (χ2n) is 9.28. The number of fused-ring (bicyclic) bond motifs is 2. The van der Waals surface area contributed by atoms with Crippen molar-refractivity contribution in [1.82, 2.24) is 24.8 Å². The largest absolute Gasteiger partial charge is 0.469 e. The molecule has 0 aliphatic carbocycles. The summed E-state index contributed by atoms with van der Waals surface area (Å²) < 4.78 is 36.2. The van der Waals surface area contributed by atoms with E-state index >= 15 is 0 Å². The van der Waals surface area contributed by atoms with Gasteiger partial charge in [-0.25, -0.2) is 24.3 Å². The molecule has 1 aromatic carbocycles. The van der Waals surface area contributed by atoms with Crippen LogP contribution < -0.4 is 10.6 Å². The van der Waals surface area contributed by atoms with Gasteiger partial charge in [-0.15, -0.1) is 0 Å². The Hall–Kier alpha value is -2.97. The number of hydrogen-bond donors (Lipinski definition) is 4. The second kappa shape index (κ2) is 12.0. The molecule has 2 aliphatic heterocycles. The summed E-state index contributed by atoms with van der Waals surface area (Å²) >= 11 is 0. The minimum atomic E-state index is -4.74. The van der Waals surface area contributed by atoms with Crippen molar-refractivity contribution in [3.05, 3.63) is 48.5 Å². The highest BCUT2D eigenvalue weighted by Crippen LogP contribution is 2.46. The number of unbranched alkanes of at least 4 members (excludes halogenated alkanes) is 3. The summed E-state index contributed by atoms with van der Waals surface area (Å²) in [5.74, 6) is 0.228. The van der Waals surface area contributed by atoms with Gasteiger partial charge in [-0.1, -0.05) is 56.5 Å². The number of phosphoric ester groups is 1. The molecule has 3 aromatic rings. The Morgan fingerprint density at radius 1 is 1.08 bits per heavy atom. The van der Waals surface area contributed by atoms with Gasteiger partial charge in [-0.2, -0.15) is 0 Å². The summed E-state index contributed by atoms with van der Waals surface area (Å²) in [4.78, 5) is 43.8. The number of nitrogens with zero attached hydrogens (tertiary/aromatic N) is 4. The average Bonchev–Trinajstić information content (AvgIpc) is 3.62. The molecule has 0 saturated carbocycles. The molecule has 2 fully saturated rings. The van der Waals surface area contributed by atoms with Crippen molar-refractivity contribution in [1.29, 1.82) is 0 Å². The molecule has 2 aliphatic rings. The van der Waals surface area contributed by atoms with Crippen molar-refractivity contribution in [3.63, 3.8) is 0 Å². The highest BCUT2D eigenvalue weighted by Gasteiger charge is 2.54. The average molecular weight is 563 g/mol. The molecule has 2 amide bonds. The van der Waals surface area contributed by atoms with Crippen LogP contribution >= 0.6 is 7.82 Å². The third kappa shape index (κ3) is 6.44. The predicted molar refractivity (Wildman–Crippen MR) is 137 cm³/mol. The van der Waals surface area contributed by atoms with Gasteiger partial charge in [0, 0.05) is 12.1 Å². The van der Waals surface area contributed by atoms with Gasteiger partial charge in [-0.05, 0) is 6.42 Å². The number of imidazole rings is 1. The zero-order valence-corrected chi connectivity index (χ0v) is 22.1. The number of hydrogen-bond acceptors (Lipinski definition) is 9. The number of benzene rings is 1. The molecule has 5 atom stereocenters. The summed E-state index contributed by atoms with van der Waals surface area (Å²) in [6.07, 6.45) is 3.20. The molecule has 5 rings (SSSR count). The van der Waals surface area contributed by atoms with Crippen LogP contribution in [0.25, 0.3) is 11.2 Å². The number of aromatic nitrogens is 4. The number of phosphoric acid groups is 1. The molecule has 0 spiro atoms. The summed E-state index contributed by atoms with van der Waals surface area (Å²) in [5.41, 5.74) is 1.49. The maximum Gasteiger partial charge on any atom is 0.469 e.